The summed E-state index contributed by atoms with van der Waals surface area (Å²) < 4.78 is 2.03. The maximum absolute atomic E-state index is 4.36. The van der Waals surface area contributed by atoms with Crippen LogP contribution >= 0.6 is 0 Å². The van der Waals surface area contributed by atoms with E-state index in [-0.39, 0.29) is 0 Å². The van der Waals surface area contributed by atoms with Gasteiger partial charge in [0, 0.05) is 13.1 Å². The van der Waals surface area contributed by atoms with Gasteiger partial charge in [-0.1, -0.05) is 13.8 Å². The lowest BCUT2D eigenvalue weighted by Crippen LogP contribution is -2.18. The van der Waals surface area contributed by atoms with Crippen LogP contribution in [0.25, 0.3) is 0 Å². The summed E-state index contributed by atoms with van der Waals surface area (Å²) in [6, 6.07) is 0.528. The molecule has 0 saturated carbocycles. The van der Waals surface area contributed by atoms with Crippen molar-refractivity contribution in [2.75, 3.05) is 6.54 Å². The minimum atomic E-state index is 0.528. The molecule has 1 fully saturated rings. The van der Waals surface area contributed by atoms with Gasteiger partial charge in [0.1, 0.15) is 0 Å². The molecule has 2 rings (SSSR count). The molecule has 1 aliphatic heterocycles. The SMILES string of the molecule is CC(C)c1cnn(C)c1C1CCCN1. The van der Waals surface area contributed by atoms with Crippen molar-refractivity contribution in [1.29, 1.82) is 0 Å². The van der Waals surface area contributed by atoms with Crippen molar-refractivity contribution in [2.45, 2.75) is 38.6 Å². The number of hydrogen-bond donors (Lipinski definition) is 1. The summed E-state index contributed by atoms with van der Waals surface area (Å²) in [4.78, 5) is 0. The molecule has 1 aliphatic rings. The summed E-state index contributed by atoms with van der Waals surface area (Å²) in [5.74, 6) is 0.570. The molecule has 0 radical (unpaired) electrons. The molecule has 1 aromatic heterocycles. The highest BCUT2D eigenvalue weighted by molar-refractivity contribution is 5.25. The van der Waals surface area contributed by atoms with Crippen molar-refractivity contribution >= 4 is 0 Å². The van der Waals surface area contributed by atoms with Gasteiger partial charge in [0.2, 0.25) is 0 Å². The molecule has 78 valence electrons. The molecule has 0 aromatic carbocycles. The Labute approximate surface area is 85.5 Å². The van der Waals surface area contributed by atoms with E-state index >= 15 is 0 Å². The van der Waals surface area contributed by atoms with Crippen LogP contribution in [0.3, 0.4) is 0 Å². The van der Waals surface area contributed by atoms with Gasteiger partial charge in [0.25, 0.3) is 0 Å². The molecule has 3 heteroatoms. The Morgan fingerprint density at radius 3 is 2.93 bits per heavy atom. The third-order valence-corrected chi connectivity index (χ3v) is 3.03. The van der Waals surface area contributed by atoms with Crippen LogP contribution in [0, 0.1) is 0 Å². The fourth-order valence-corrected chi connectivity index (χ4v) is 2.25. The zero-order valence-electron chi connectivity index (χ0n) is 9.25. The summed E-state index contributed by atoms with van der Waals surface area (Å²) in [5, 5.41) is 7.89. The number of aryl methyl sites for hydroxylation is 1. The average molecular weight is 193 g/mol. The number of hydrogen-bond acceptors (Lipinski definition) is 2. The summed E-state index contributed by atoms with van der Waals surface area (Å²) in [6.45, 7) is 5.61. The van der Waals surface area contributed by atoms with Crippen LogP contribution in [0.2, 0.25) is 0 Å². The lowest BCUT2D eigenvalue weighted by Gasteiger charge is -2.15. The van der Waals surface area contributed by atoms with Gasteiger partial charge in [-0.15, -0.1) is 0 Å². The predicted molar refractivity (Wildman–Crippen MR) is 57.3 cm³/mol. The highest BCUT2D eigenvalue weighted by Crippen LogP contribution is 2.29. The van der Waals surface area contributed by atoms with Crippen LogP contribution in [-0.4, -0.2) is 16.3 Å². The van der Waals surface area contributed by atoms with Gasteiger partial charge >= 0.3 is 0 Å². The first kappa shape index (κ1) is 9.71. The molecule has 0 spiro atoms. The minimum Gasteiger partial charge on any atom is -0.309 e. The van der Waals surface area contributed by atoms with Crippen molar-refractivity contribution < 1.29 is 0 Å². The van der Waals surface area contributed by atoms with Crippen molar-refractivity contribution in [1.82, 2.24) is 15.1 Å². The Balaban J connectivity index is 2.33. The number of nitrogens with one attached hydrogen (secondary N) is 1. The molecular formula is C11H19N3. The van der Waals surface area contributed by atoms with Gasteiger partial charge in [-0.05, 0) is 30.9 Å². The van der Waals surface area contributed by atoms with E-state index in [1.165, 1.54) is 24.1 Å². The lowest BCUT2D eigenvalue weighted by molar-refractivity contribution is 0.565. The van der Waals surface area contributed by atoms with Crippen molar-refractivity contribution in [3.8, 4) is 0 Å². The number of rotatable bonds is 2. The quantitative estimate of drug-likeness (QED) is 0.778. The first-order valence-electron chi connectivity index (χ1n) is 5.45. The Hall–Kier alpha value is -0.830. The van der Waals surface area contributed by atoms with E-state index in [4.69, 9.17) is 0 Å². The average Bonchev–Trinajstić information content (AvgIpc) is 2.71. The van der Waals surface area contributed by atoms with Gasteiger partial charge in [0.15, 0.2) is 0 Å². The van der Waals surface area contributed by atoms with Crippen LogP contribution in [-0.2, 0) is 7.05 Å². The third kappa shape index (κ3) is 1.57. The van der Waals surface area contributed by atoms with Crippen LogP contribution in [0.5, 0.6) is 0 Å². The van der Waals surface area contributed by atoms with Gasteiger partial charge < -0.3 is 5.32 Å². The maximum Gasteiger partial charge on any atom is 0.0584 e. The Kier molecular flexibility index (Phi) is 2.59. The molecule has 0 aliphatic carbocycles. The largest absolute Gasteiger partial charge is 0.309 e. The third-order valence-electron chi connectivity index (χ3n) is 3.03. The molecule has 1 atom stereocenters. The second kappa shape index (κ2) is 3.73. The molecule has 1 saturated heterocycles. The van der Waals surface area contributed by atoms with Crippen LogP contribution in [0.1, 0.15) is 49.9 Å². The molecular weight excluding hydrogens is 174 g/mol. The molecule has 1 unspecified atom stereocenters. The molecule has 3 nitrogen and oxygen atoms in total. The van der Waals surface area contributed by atoms with E-state index in [9.17, 15) is 0 Å². The molecule has 0 amide bonds. The van der Waals surface area contributed by atoms with E-state index in [1.54, 1.807) is 0 Å². The Morgan fingerprint density at radius 1 is 1.57 bits per heavy atom. The second-order valence-corrected chi connectivity index (χ2v) is 4.41. The second-order valence-electron chi connectivity index (χ2n) is 4.41. The normalized spacial score (nSPS) is 22.1. The standard InChI is InChI=1S/C11H19N3/c1-8(2)9-7-13-14(3)11(9)10-5-4-6-12-10/h7-8,10,12H,4-6H2,1-3H3. The van der Waals surface area contributed by atoms with E-state index in [1.807, 2.05) is 17.9 Å². The summed E-state index contributed by atoms with van der Waals surface area (Å²) in [5.41, 5.74) is 2.78. The number of nitrogens with zero attached hydrogens (tertiary/aromatic N) is 2. The molecule has 0 bridgehead atoms. The minimum absolute atomic E-state index is 0.528. The van der Waals surface area contributed by atoms with Crippen molar-refractivity contribution in [3.05, 3.63) is 17.5 Å². The van der Waals surface area contributed by atoms with Crippen molar-refractivity contribution in [3.63, 3.8) is 0 Å². The van der Waals surface area contributed by atoms with Gasteiger partial charge in [-0.2, -0.15) is 5.10 Å². The smallest absolute Gasteiger partial charge is 0.0584 e. The summed E-state index contributed by atoms with van der Waals surface area (Å²) >= 11 is 0. The van der Waals surface area contributed by atoms with Gasteiger partial charge in [-0.3, -0.25) is 4.68 Å². The molecule has 2 heterocycles. The maximum atomic E-state index is 4.36. The zero-order chi connectivity index (χ0) is 10.1. The first-order valence-corrected chi connectivity index (χ1v) is 5.45. The van der Waals surface area contributed by atoms with E-state index in [2.05, 4.69) is 24.3 Å². The van der Waals surface area contributed by atoms with Crippen LogP contribution in [0.15, 0.2) is 6.20 Å². The fourth-order valence-electron chi connectivity index (χ4n) is 2.25. The number of aromatic nitrogens is 2. The fraction of sp³-hybridized carbons (Fsp3) is 0.727. The first-order chi connectivity index (χ1) is 6.70. The predicted octanol–water partition coefficient (Wildman–Crippen LogP) is 1.97. The topological polar surface area (TPSA) is 29.9 Å². The van der Waals surface area contributed by atoms with Gasteiger partial charge in [-0.25, -0.2) is 0 Å². The summed E-state index contributed by atoms with van der Waals surface area (Å²) in [6.07, 6.45) is 4.55. The molecule has 1 aromatic rings. The van der Waals surface area contributed by atoms with E-state index < -0.39 is 0 Å². The molecule has 14 heavy (non-hydrogen) atoms. The van der Waals surface area contributed by atoms with Gasteiger partial charge in [0.05, 0.1) is 11.9 Å². The van der Waals surface area contributed by atoms with E-state index in [0.717, 1.165) is 6.54 Å². The molecule has 1 N–H and O–H groups in total. The Morgan fingerprint density at radius 2 is 2.36 bits per heavy atom. The highest BCUT2D eigenvalue weighted by atomic mass is 15.3. The highest BCUT2D eigenvalue weighted by Gasteiger charge is 2.23. The van der Waals surface area contributed by atoms with Crippen LogP contribution in [0.4, 0.5) is 0 Å². The Bertz CT molecular complexity index is 308. The summed E-state index contributed by atoms with van der Waals surface area (Å²) in [7, 11) is 2.04. The van der Waals surface area contributed by atoms with Crippen molar-refractivity contribution in [2.24, 2.45) is 7.05 Å². The zero-order valence-corrected chi connectivity index (χ0v) is 9.25. The monoisotopic (exact) mass is 193 g/mol. The van der Waals surface area contributed by atoms with Crippen LogP contribution < -0.4 is 5.32 Å². The van der Waals surface area contributed by atoms with E-state index in [0.29, 0.717) is 12.0 Å². The lowest BCUT2D eigenvalue weighted by atomic mass is 9.99.